The Morgan fingerprint density at radius 3 is 1.75 bits per heavy atom. The first kappa shape index (κ1) is 21.0. The maximum atomic E-state index is 10.4. The molecular formula is C24H27O2PS. The molecule has 0 amide bonds. The van der Waals surface area contributed by atoms with Crippen LogP contribution in [-0.2, 0) is 16.3 Å². The Labute approximate surface area is 173 Å². The molecule has 3 aromatic carbocycles. The zero-order valence-corrected chi connectivity index (χ0v) is 17.7. The minimum atomic E-state index is -2.87. The molecule has 4 heteroatoms. The zero-order valence-electron chi connectivity index (χ0n) is 16.0. The van der Waals surface area contributed by atoms with E-state index in [-0.39, 0.29) is 0 Å². The quantitative estimate of drug-likeness (QED) is 0.327. The lowest BCUT2D eigenvalue weighted by Crippen LogP contribution is -2.07. The molecule has 3 rings (SSSR count). The number of hydrogen-bond donors (Lipinski definition) is 1. The topological polar surface area (TPSA) is 29.5 Å². The molecule has 0 spiro atoms. The van der Waals surface area contributed by atoms with E-state index in [4.69, 9.17) is 16.3 Å². The van der Waals surface area contributed by atoms with Gasteiger partial charge in [0.1, 0.15) is 0 Å². The zero-order chi connectivity index (χ0) is 19.7. The number of rotatable bonds is 10. The minimum absolute atomic E-state index is 0.413. The molecule has 0 saturated heterocycles. The van der Waals surface area contributed by atoms with E-state index in [2.05, 4.69) is 60.7 Å². The van der Waals surface area contributed by atoms with E-state index in [1.54, 1.807) is 0 Å². The summed E-state index contributed by atoms with van der Waals surface area (Å²) in [5.41, 5.74) is 2.72. The molecule has 0 aromatic heterocycles. The van der Waals surface area contributed by atoms with Crippen LogP contribution in [0, 0.1) is 0 Å². The first-order valence-corrected chi connectivity index (χ1v) is 12.5. The summed E-state index contributed by atoms with van der Waals surface area (Å²) in [4.78, 5) is 10.4. The second kappa shape index (κ2) is 10.7. The van der Waals surface area contributed by atoms with E-state index in [1.165, 1.54) is 11.1 Å². The van der Waals surface area contributed by atoms with Crippen LogP contribution >= 0.6 is 6.49 Å². The van der Waals surface area contributed by atoms with Crippen LogP contribution < -0.4 is 5.30 Å². The highest BCUT2D eigenvalue weighted by atomic mass is 32.5. The monoisotopic (exact) mass is 410 g/mol. The van der Waals surface area contributed by atoms with Gasteiger partial charge in [-0.25, -0.2) is 0 Å². The fourth-order valence-corrected chi connectivity index (χ4v) is 5.07. The van der Waals surface area contributed by atoms with Gasteiger partial charge in [-0.05, 0) is 47.9 Å². The Balaban J connectivity index is 1.48. The molecule has 0 heterocycles. The first-order valence-electron chi connectivity index (χ1n) is 9.80. The van der Waals surface area contributed by atoms with Crippen LogP contribution in [0.15, 0.2) is 91.0 Å². The smallest absolute Gasteiger partial charge is 0.216 e. The maximum absolute atomic E-state index is 10.4. The molecule has 0 aliphatic carbocycles. The van der Waals surface area contributed by atoms with E-state index in [9.17, 15) is 4.89 Å². The molecule has 0 bridgehead atoms. The Bertz CT molecular complexity index is 829. The molecule has 0 radical (unpaired) electrons. The highest BCUT2D eigenvalue weighted by Gasteiger charge is 2.16. The van der Waals surface area contributed by atoms with Crippen LogP contribution in [0.1, 0.15) is 42.7 Å². The maximum Gasteiger partial charge on any atom is 0.216 e. The van der Waals surface area contributed by atoms with Gasteiger partial charge in [-0.3, -0.25) is 0 Å². The fourth-order valence-electron chi connectivity index (χ4n) is 3.40. The molecular weight excluding hydrogens is 383 g/mol. The van der Waals surface area contributed by atoms with Gasteiger partial charge in [0.25, 0.3) is 0 Å². The predicted molar refractivity (Wildman–Crippen MR) is 122 cm³/mol. The minimum Gasteiger partial charge on any atom is -0.342 e. The van der Waals surface area contributed by atoms with Crippen LogP contribution in [-0.4, -0.2) is 11.5 Å². The van der Waals surface area contributed by atoms with Crippen molar-refractivity contribution < 1.29 is 9.42 Å². The van der Waals surface area contributed by atoms with Crippen molar-refractivity contribution in [1.29, 1.82) is 0 Å². The van der Waals surface area contributed by atoms with Crippen LogP contribution in [0.4, 0.5) is 0 Å². The summed E-state index contributed by atoms with van der Waals surface area (Å²) < 4.78 is 5.67. The van der Waals surface area contributed by atoms with Gasteiger partial charge in [-0.1, -0.05) is 91.7 Å². The second-order valence-electron chi connectivity index (χ2n) is 6.91. The van der Waals surface area contributed by atoms with Crippen molar-refractivity contribution in [3.63, 3.8) is 0 Å². The van der Waals surface area contributed by atoms with Gasteiger partial charge in [0.15, 0.2) is 0 Å². The summed E-state index contributed by atoms with van der Waals surface area (Å²) in [6.07, 6.45) is 4.17. The Kier molecular flexibility index (Phi) is 8.00. The summed E-state index contributed by atoms with van der Waals surface area (Å²) in [6.45, 7) is -2.37. The lowest BCUT2D eigenvalue weighted by molar-refractivity contribution is 0.302. The highest BCUT2D eigenvalue weighted by molar-refractivity contribution is 8.13. The third-order valence-corrected chi connectivity index (χ3v) is 7.32. The standard InChI is InChI=1S/C24H27O2PS/c25-27(28,23-17-9-3-10-18-23)26-20-12-4-11-19-24(21-13-5-1-6-14-21)22-15-7-2-8-16-22/h1-3,5-10,13-18,24H,4,11-12,19-20H2,(H,25,28). The summed E-state index contributed by atoms with van der Waals surface area (Å²) in [5, 5.41) is 0.721. The molecule has 1 unspecified atom stereocenters. The van der Waals surface area contributed by atoms with Crippen LogP contribution in [0.5, 0.6) is 0 Å². The molecule has 0 saturated carbocycles. The van der Waals surface area contributed by atoms with Crippen LogP contribution in [0.3, 0.4) is 0 Å². The van der Waals surface area contributed by atoms with Gasteiger partial charge in [-0.2, -0.15) is 0 Å². The molecule has 3 aromatic rings. The van der Waals surface area contributed by atoms with Crippen molar-refractivity contribution in [3.05, 3.63) is 102 Å². The highest BCUT2D eigenvalue weighted by Crippen LogP contribution is 2.41. The average molecular weight is 411 g/mol. The van der Waals surface area contributed by atoms with E-state index >= 15 is 0 Å². The molecule has 2 nitrogen and oxygen atoms in total. The number of hydrogen-bond acceptors (Lipinski definition) is 2. The Morgan fingerprint density at radius 1 is 0.714 bits per heavy atom. The van der Waals surface area contributed by atoms with Crippen molar-refractivity contribution in [1.82, 2.24) is 0 Å². The van der Waals surface area contributed by atoms with E-state index in [0.29, 0.717) is 12.5 Å². The van der Waals surface area contributed by atoms with Crippen LogP contribution in [0.25, 0.3) is 0 Å². The first-order chi connectivity index (χ1) is 13.7. The van der Waals surface area contributed by atoms with Crippen molar-refractivity contribution in [2.75, 3.05) is 6.61 Å². The van der Waals surface area contributed by atoms with Crippen molar-refractivity contribution in [2.24, 2.45) is 0 Å². The van der Waals surface area contributed by atoms with Gasteiger partial charge in [0.05, 0.1) is 6.61 Å². The van der Waals surface area contributed by atoms with Gasteiger partial charge >= 0.3 is 0 Å². The molecule has 0 aliphatic rings. The third kappa shape index (κ3) is 6.12. The molecule has 1 atom stereocenters. The Morgan fingerprint density at radius 2 is 1.21 bits per heavy atom. The molecule has 1 N–H and O–H groups in total. The van der Waals surface area contributed by atoms with Crippen molar-refractivity contribution >= 4 is 23.6 Å². The summed E-state index contributed by atoms with van der Waals surface area (Å²) in [7, 11) is 0. The third-order valence-electron chi connectivity index (χ3n) is 4.89. The van der Waals surface area contributed by atoms with Crippen LogP contribution in [0.2, 0.25) is 0 Å². The molecule has 0 aliphatic heterocycles. The summed E-state index contributed by atoms with van der Waals surface area (Å²) in [5.74, 6) is 0.413. The van der Waals surface area contributed by atoms with Gasteiger partial charge in [-0.15, -0.1) is 0 Å². The van der Waals surface area contributed by atoms with E-state index < -0.39 is 6.49 Å². The van der Waals surface area contributed by atoms with Gasteiger partial charge < -0.3 is 9.42 Å². The van der Waals surface area contributed by atoms with E-state index in [1.807, 2.05) is 30.3 Å². The van der Waals surface area contributed by atoms with Gasteiger partial charge in [0, 0.05) is 11.2 Å². The largest absolute Gasteiger partial charge is 0.342 e. The lowest BCUT2D eigenvalue weighted by Gasteiger charge is -2.19. The predicted octanol–water partition coefficient (Wildman–Crippen LogP) is 6.02. The number of unbranched alkanes of at least 4 members (excludes halogenated alkanes) is 2. The number of benzene rings is 3. The normalized spacial score (nSPS) is 13.4. The fraction of sp³-hybridized carbons (Fsp3) is 0.250. The Hall–Kier alpha value is -1.77. The van der Waals surface area contributed by atoms with Gasteiger partial charge in [0.2, 0.25) is 6.49 Å². The lowest BCUT2D eigenvalue weighted by atomic mass is 9.87. The molecule has 0 fully saturated rings. The molecule has 146 valence electrons. The van der Waals surface area contributed by atoms with E-state index in [0.717, 1.165) is 31.0 Å². The average Bonchev–Trinajstić information content (AvgIpc) is 2.75. The summed E-state index contributed by atoms with van der Waals surface area (Å²) in [6, 6.07) is 30.7. The summed E-state index contributed by atoms with van der Waals surface area (Å²) >= 11 is 5.30. The second-order valence-corrected chi connectivity index (χ2v) is 10.2. The van der Waals surface area contributed by atoms with Crippen molar-refractivity contribution in [2.45, 2.75) is 31.6 Å². The van der Waals surface area contributed by atoms with Crippen molar-refractivity contribution in [3.8, 4) is 0 Å². The molecule has 28 heavy (non-hydrogen) atoms. The SMILES string of the molecule is OP(=S)(OCCCCCC(c1ccccc1)c1ccccc1)c1ccccc1.